The first kappa shape index (κ1) is 11.9. The summed E-state index contributed by atoms with van der Waals surface area (Å²) in [7, 11) is 0. The Labute approximate surface area is 90.7 Å². The molecule has 2 nitrogen and oxygen atoms in total. The van der Waals surface area contributed by atoms with E-state index in [0.717, 1.165) is 37.4 Å². The maximum atomic E-state index is 9.80. The molecular weight excluding hydrogens is 196 g/mol. The van der Waals surface area contributed by atoms with Gasteiger partial charge in [-0.2, -0.15) is 11.8 Å². The molecule has 0 aliphatic carbocycles. The Morgan fingerprint density at radius 2 is 2.43 bits per heavy atom. The molecule has 0 aromatic rings. The summed E-state index contributed by atoms with van der Waals surface area (Å²) in [5, 5.41) is 10.4. The number of hydrogen-bond donors (Lipinski definition) is 1. The molecule has 0 amide bonds. The van der Waals surface area contributed by atoms with Gasteiger partial charge in [0.2, 0.25) is 0 Å². The molecule has 2 atom stereocenters. The van der Waals surface area contributed by atoms with E-state index in [1.54, 1.807) is 0 Å². The molecule has 1 aliphatic rings. The van der Waals surface area contributed by atoms with Crippen LogP contribution in [-0.2, 0) is 4.74 Å². The van der Waals surface area contributed by atoms with Gasteiger partial charge in [-0.15, -0.1) is 0 Å². The van der Waals surface area contributed by atoms with E-state index < -0.39 is 6.10 Å². The van der Waals surface area contributed by atoms with E-state index >= 15 is 0 Å². The lowest BCUT2D eigenvalue weighted by Gasteiger charge is -2.20. The Bertz CT molecular complexity index is 192. The Morgan fingerprint density at radius 3 is 3.00 bits per heavy atom. The number of aliphatic hydroxyl groups is 1. The molecular formula is C11H20O2S. The van der Waals surface area contributed by atoms with Crippen LogP contribution < -0.4 is 0 Å². The third-order valence-electron chi connectivity index (χ3n) is 2.40. The molecule has 2 unspecified atom stereocenters. The molecule has 1 aliphatic heterocycles. The highest BCUT2D eigenvalue weighted by atomic mass is 32.2. The summed E-state index contributed by atoms with van der Waals surface area (Å²) < 4.78 is 5.40. The van der Waals surface area contributed by atoms with E-state index in [2.05, 4.69) is 13.8 Å². The van der Waals surface area contributed by atoms with E-state index in [9.17, 15) is 5.11 Å². The monoisotopic (exact) mass is 216 g/mol. The largest absolute Gasteiger partial charge is 0.495 e. The van der Waals surface area contributed by atoms with Gasteiger partial charge in [0.05, 0.1) is 6.61 Å². The van der Waals surface area contributed by atoms with Crippen molar-refractivity contribution in [3.05, 3.63) is 11.8 Å². The first-order valence-corrected chi connectivity index (χ1v) is 6.41. The zero-order valence-electron chi connectivity index (χ0n) is 9.03. The third kappa shape index (κ3) is 3.93. The maximum Gasteiger partial charge on any atom is 0.121 e. The summed E-state index contributed by atoms with van der Waals surface area (Å²) in [5.74, 6) is 1.54. The van der Waals surface area contributed by atoms with E-state index in [1.165, 1.54) is 0 Å². The molecule has 0 saturated heterocycles. The lowest BCUT2D eigenvalue weighted by molar-refractivity contribution is 0.104. The van der Waals surface area contributed by atoms with Gasteiger partial charge >= 0.3 is 0 Å². The van der Waals surface area contributed by atoms with E-state index in [4.69, 9.17) is 4.74 Å². The highest BCUT2D eigenvalue weighted by Gasteiger charge is 2.15. The number of rotatable bonds is 5. The predicted octanol–water partition coefficient (Wildman–Crippen LogP) is 2.57. The van der Waals surface area contributed by atoms with Gasteiger partial charge in [0.15, 0.2) is 0 Å². The van der Waals surface area contributed by atoms with Gasteiger partial charge in [0.1, 0.15) is 11.9 Å². The van der Waals surface area contributed by atoms with E-state index in [0.29, 0.717) is 5.25 Å². The zero-order valence-corrected chi connectivity index (χ0v) is 9.85. The second-order valence-corrected chi connectivity index (χ2v) is 5.14. The van der Waals surface area contributed by atoms with Crippen molar-refractivity contribution in [1.29, 1.82) is 0 Å². The Hall–Kier alpha value is -0.150. The van der Waals surface area contributed by atoms with Crippen LogP contribution in [0.4, 0.5) is 0 Å². The standard InChI is InChI=1S/C11H20O2S/c1-3-9(2)14-8-10(12)11-6-4-5-7-13-11/h6,9-10,12H,3-5,7-8H2,1-2H3. The van der Waals surface area contributed by atoms with E-state index in [1.807, 2.05) is 17.8 Å². The van der Waals surface area contributed by atoms with Crippen molar-refractivity contribution in [3.8, 4) is 0 Å². The average Bonchev–Trinajstić information content (AvgIpc) is 2.26. The summed E-state index contributed by atoms with van der Waals surface area (Å²) in [5.41, 5.74) is 0. The van der Waals surface area contributed by atoms with Crippen molar-refractivity contribution in [3.63, 3.8) is 0 Å². The van der Waals surface area contributed by atoms with Crippen molar-refractivity contribution in [2.45, 2.75) is 44.5 Å². The molecule has 1 heterocycles. The van der Waals surface area contributed by atoms with Crippen LogP contribution in [0.5, 0.6) is 0 Å². The molecule has 0 fully saturated rings. The van der Waals surface area contributed by atoms with Crippen LogP contribution in [0.15, 0.2) is 11.8 Å². The average molecular weight is 216 g/mol. The molecule has 0 saturated carbocycles. The number of aliphatic hydroxyl groups excluding tert-OH is 1. The zero-order chi connectivity index (χ0) is 10.4. The van der Waals surface area contributed by atoms with Gasteiger partial charge in [0, 0.05) is 11.0 Å². The van der Waals surface area contributed by atoms with Crippen LogP contribution in [0.25, 0.3) is 0 Å². The fourth-order valence-electron chi connectivity index (χ4n) is 1.26. The van der Waals surface area contributed by atoms with Crippen molar-refractivity contribution < 1.29 is 9.84 Å². The number of hydrogen-bond acceptors (Lipinski definition) is 3. The maximum absolute atomic E-state index is 9.80. The second kappa shape index (κ2) is 6.36. The molecule has 0 spiro atoms. The van der Waals surface area contributed by atoms with Crippen molar-refractivity contribution in [2.24, 2.45) is 0 Å². The Morgan fingerprint density at radius 1 is 1.64 bits per heavy atom. The molecule has 1 N–H and O–H groups in total. The molecule has 82 valence electrons. The van der Waals surface area contributed by atoms with Crippen LogP contribution in [0.2, 0.25) is 0 Å². The third-order valence-corrected chi connectivity index (χ3v) is 3.82. The fourth-order valence-corrected chi connectivity index (χ4v) is 2.18. The molecule has 1 rings (SSSR count). The predicted molar refractivity (Wildman–Crippen MR) is 61.5 cm³/mol. The number of allylic oxidation sites excluding steroid dienone is 1. The van der Waals surface area contributed by atoms with Gasteiger partial charge in [-0.05, 0) is 25.3 Å². The van der Waals surface area contributed by atoms with E-state index in [-0.39, 0.29) is 0 Å². The van der Waals surface area contributed by atoms with Crippen molar-refractivity contribution in [2.75, 3.05) is 12.4 Å². The summed E-state index contributed by atoms with van der Waals surface area (Å²) in [6, 6.07) is 0. The van der Waals surface area contributed by atoms with Crippen LogP contribution in [0, 0.1) is 0 Å². The highest BCUT2D eigenvalue weighted by Crippen LogP contribution is 2.20. The van der Waals surface area contributed by atoms with Crippen LogP contribution >= 0.6 is 11.8 Å². The fraction of sp³-hybridized carbons (Fsp3) is 0.818. The normalized spacial score (nSPS) is 20.9. The molecule has 14 heavy (non-hydrogen) atoms. The van der Waals surface area contributed by atoms with Gasteiger partial charge in [-0.3, -0.25) is 0 Å². The molecule has 0 aromatic heterocycles. The minimum atomic E-state index is -0.408. The van der Waals surface area contributed by atoms with Crippen LogP contribution in [-0.4, -0.2) is 28.8 Å². The van der Waals surface area contributed by atoms with Gasteiger partial charge < -0.3 is 9.84 Å². The minimum Gasteiger partial charge on any atom is -0.495 e. The highest BCUT2D eigenvalue weighted by molar-refractivity contribution is 7.99. The lowest BCUT2D eigenvalue weighted by atomic mass is 10.2. The summed E-state index contributed by atoms with van der Waals surface area (Å²) in [6.45, 7) is 5.12. The van der Waals surface area contributed by atoms with Crippen molar-refractivity contribution >= 4 is 11.8 Å². The minimum absolute atomic E-state index is 0.408. The lowest BCUT2D eigenvalue weighted by Crippen LogP contribution is -2.19. The topological polar surface area (TPSA) is 29.5 Å². The smallest absolute Gasteiger partial charge is 0.121 e. The van der Waals surface area contributed by atoms with Gasteiger partial charge in [0.25, 0.3) is 0 Å². The summed E-state index contributed by atoms with van der Waals surface area (Å²) in [6.07, 6.45) is 4.88. The number of ether oxygens (including phenoxy) is 1. The first-order valence-electron chi connectivity index (χ1n) is 5.36. The number of thioether (sulfide) groups is 1. The molecule has 3 heteroatoms. The second-order valence-electron chi connectivity index (χ2n) is 3.67. The Balaban J connectivity index is 2.26. The molecule has 0 aromatic carbocycles. The molecule has 0 bridgehead atoms. The quantitative estimate of drug-likeness (QED) is 0.766. The summed E-state index contributed by atoms with van der Waals surface area (Å²) in [4.78, 5) is 0. The van der Waals surface area contributed by atoms with Crippen molar-refractivity contribution in [1.82, 2.24) is 0 Å². The van der Waals surface area contributed by atoms with Crippen LogP contribution in [0.3, 0.4) is 0 Å². The Kier molecular flexibility index (Phi) is 5.41. The van der Waals surface area contributed by atoms with Crippen LogP contribution in [0.1, 0.15) is 33.1 Å². The molecule has 0 radical (unpaired) electrons. The first-order chi connectivity index (χ1) is 6.74. The van der Waals surface area contributed by atoms with Gasteiger partial charge in [-0.25, -0.2) is 0 Å². The summed E-state index contributed by atoms with van der Waals surface area (Å²) >= 11 is 1.81. The van der Waals surface area contributed by atoms with Gasteiger partial charge in [-0.1, -0.05) is 13.8 Å². The SMILES string of the molecule is CCC(C)SCC(O)C1=CCCCO1.